The number of carbonyl (C=O) groups is 2. The number of benzene rings is 4. The second-order valence-corrected chi connectivity index (χ2v) is 15.5. The lowest BCUT2D eigenvalue weighted by molar-refractivity contribution is 0.0992. The van der Waals surface area contributed by atoms with Crippen LogP contribution in [0.15, 0.2) is 119 Å². The standard InChI is InChI=1S/2C12H14N4O2S.2C7H7NO2/c2*1-8-7-9(2)15-12(14-8)16-19(17,18)11-5-3-10(13)4-6-11;2*8-7(10)5-1-3-6(9)4-2-5/h2*3-7H,13H2,1-2H3,(H,14,15,16);2*1-4,9H,(H2,8,10). The summed E-state index contributed by atoms with van der Waals surface area (Å²) in [6.07, 6.45) is 0. The number of aromatic hydroxyl groups is 2. The number of hydrogen-bond acceptors (Lipinski definition) is 14. The fourth-order valence-corrected chi connectivity index (χ4v) is 6.33. The molecule has 0 aliphatic heterocycles. The predicted octanol–water partition coefficient (Wildman–Crippen LogP) is 3.94. The van der Waals surface area contributed by atoms with Crippen LogP contribution in [0.5, 0.6) is 11.5 Å². The summed E-state index contributed by atoms with van der Waals surface area (Å²) in [6, 6.07) is 26.9. The molecule has 12 N–H and O–H groups in total. The molecular weight excluding hydrogens is 789 g/mol. The molecule has 58 heavy (non-hydrogen) atoms. The Morgan fingerprint density at radius 3 is 0.983 bits per heavy atom. The molecule has 0 atom stereocenters. The molecule has 0 saturated carbocycles. The van der Waals surface area contributed by atoms with Crippen molar-refractivity contribution in [2.45, 2.75) is 37.5 Å². The number of nitrogens with zero attached hydrogens (tertiary/aromatic N) is 4. The van der Waals surface area contributed by atoms with Gasteiger partial charge in [-0.3, -0.25) is 9.59 Å². The Bertz CT molecular complexity index is 2340. The molecule has 0 saturated heterocycles. The van der Waals surface area contributed by atoms with Crippen LogP contribution in [0.25, 0.3) is 0 Å². The van der Waals surface area contributed by atoms with Crippen molar-refractivity contribution in [3.63, 3.8) is 0 Å². The van der Waals surface area contributed by atoms with E-state index in [1.165, 1.54) is 97.1 Å². The average Bonchev–Trinajstić information content (AvgIpc) is 3.12. The smallest absolute Gasteiger partial charge is 0.264 e. The third-order valence-corrected chi connectivity index (χ3v) is 9.79. The molecule has 2 aromatic heterocycles. The minimum atomic E-state index is -3.69. The second kappa shape index (κ2) is 20.0. The van der Waals surface area contributed by atoms with Crippen molar-refractivity contribution in [2.24, 2.45) is 11.5 Å². The Hall–Kier alpha value is -7.32. The van der Waals surface area contributed by atoms with Crippen molar-refractivity contribution < 1.29 is 36.6 Å². The molecule has 0 aliphatic carbocycles. The van der Waals surface area contributed by atoms with Crippen LogP contribution in [0.4, 0.5) is 23.3 Å². The van der Waals surface area contributed by atoms with Crippen LogP contribution in [-0.2, 0) is 20.0 Å². The summed E-state index contributed by atoms with van der Waals surface area (Å²) in [4.78, 5) is 37.3. The molecule has 0 unspecified atom stereocenters. The zero-order valence-electron chi connectivity index (χ0n) is 31.7. The maximum absolute atomic E-state index is 12.1. The summed E-state index contributed by atoms with van der Waals surface area (Å²) in [5, 5.41) is 17.6. The first kappa shape index (κ1) is 45.1. The van der Waals surface area contributed by atoms with Gasteiger partial charge < -0.3 is 33.1 Å². The molecule has 6 rings (SSSR count). The normalized spacial score (nSPS) is 10.6. The SMILES string of the molecule is Cc1cc(C)nc(NS(=O)(=O)c2ccc(N)cc2)n1.Cc1cc(C)nc(NS(=O)(=O)c2ccc(N)cc2)n1.NC(=O)c1ccc(O)cc1.NC(=O)c1ccc(O)cc1. The van der Waals surface area contributed by atoms with Gasteiger partial charge in [-0.25, -0.2) is 46.2 Å². The molecule has 4 aromatic carbocycles. The van der Waals surface area contributed by atoms with Gasteiger partial charge in [0, 0.05) is 45.3 Å². The van der Waals surface area contributed by atoms with Gasteiger partial charge in [-0.05, 0) is 137 Å². The Morgan fingerprint density at radius 2 is 0.741 bits per heavy atom. The second-order valence-electron chi connectivity index (χ2n) is 12.1. The van der Waals surface area contributed by atoms with Crippen LogP contribution in [0, 0.1) is 27.7 Å². The largest absolute Gasteiger partial charge is 0.508 e. The number of nitrogens with two attached hydrogens (primary N) is 4. The Balaban J connectivity index is 0.000000216. The van der Waals surface area contributed by atoms with E-state index in [1.54, 1.807) is 39.8 Å². The highest BCUT2D eigenvalue weighted by molar-refractivity contribution is 7.93. The quantitative estimate of drug-likeness (QED) is 0.101. The van der Waals surface area contributed by atoms with Crippen molar-refractivity contribution in [1.82, 2.24) is 19.9 Å². The van der Waals surface area contributed by atoms with E-state index in [0.717, 1.165) is 0 Å². The third kappa shape index (κ3) is 14.7. The number of anilines is 4. The average molecular weight is 831 g/mol. The monoisotopic (exact) mass is 830 g/mol. The number of nitrogen functional groups attached to an aromatic ring is 2. The summed E-state index contributed by atoms with van der Waals surface area (Å²) >= 11 is 0. The minimum absolute atomic E-state index is 0.0642. The van der Waals surface area contributed by atoms with Gasteiger partial charge in [-0.15, -0.1) is 0 Å². The minimum Gasteiger partial charge on any atom is -0.508 e. The van der Waals surface area contributed by atoms with E-state index in [1.807, 2.05) is 0 Å². The van der Waals surface area contributed by atoms with E-state index in [-0.39, 0.29) is 33.2 Å². The molecular formula is C38H42N10O8S2. The van der Waals surface area contributed by atoms with Gasteiger partial charge in [0.15, 0.2) is 0 Å². The number of aromatic nitrogens is 4. The van der Waals surface area contributed by atoms with Crippen molar-refractivity contribution in [2.75, 3.05) is 20.9 Å². The molecule has 0 radical (unpaired) electrons. The van der Waals surface area contributed by atoms with Crippen molar-refractivity contribution in [3.05, 3.63) is 143 Å². The van der Waals surface area contributed by atoms with E-state index < -0.39 is 31.9 Å². The molecule has 18 nitrogen and oxygen atoms in total. The number of rotatable bonds is 8. The summed E-state index contributed by atoms with van der Waals surface area (Å²) in [6.45, 7) is 7.09. The molecule has 2 amide bonds. The van der Waals surface area contributed by atoms with E-state index >= 15 is 0 Å². The number of carbonyl (C=O) groups excluding carboxylic acids is 2. The molecule has 0 bridgehead atoms. The Labute approximate surface area is 335 Å². The first-order valence-electron chi connectivity index (χ1n) is 16.7. The zero-order chi connectivity index (χ0) is 43.2. The molecule has 0 fully saturated rings. The van der Waals surface area contributed by atoms with E-state index in [0.29, 0.717) is 45.3 Å². The van der Waals surface area contributed by atoms with Gasteiger partial charge in [-0.1, -0.05) is 0 Å². The number of amides is 2. The van der Waals surface area contributed by atoms with Crippen LogP contribution in [0.2, 0.25) is 0 Å². The van der Waals surface area contributed by atoms with Crippen LogP contribution >= 0.6 is 0 Å². The Morgan fingerprint density at radius 1 is 0.483 bits per heavy atom. The number of phenols is 2. The number of phenolic OH excluding ortho intramolecular Hbond substituents is 2. The molecule has 0 spiro atoms. The van der Waals surface area contributed by atoms with Gasteiger partial charge in [0.05, 0.1) is 9.79 Å². The van der Waals surface area contributed by atoms with Gasteiger partial charge in [0.2, 0.25) is 23.7 Å². The first-order chi connectivity index (χ1) is 27.1. The van der Waals surface area contributed by atoms with Crippen molar-refractivity contribution in [1.29, 1.82) is 0 Å². The van der Waals surface area contributed by atoms with E-state index in [2.05, 4.69) is 29.4 Å². The van der Waals surface area contributed by atoms with E-state index in [4.69, 9.17) is 33.1 Å². The number of primary amides is 2. The van der Waals surface area contributed by atoms with Crippen LogP contribution in [0.3, 0.4) is 0 Å². The predicted molar refractivity (Wildman–Crippen MR) is 220 cm³/mol. The zero-order valence-corrected chi connectivity index (χ0v) is 33.3. The first-order valence-corrected chi connectivity index (χ1v) is 19.7. The summed E-state index contributed by atoms with van der Waals surface area (Å²) in [5.74, 6) is -0.585. The summed E-state index contributed by atoms with van der Waals surface area (Å²) in [5.41, 5.74) is 25.5. The Kier molecular flexibility index (Phi) is 15.6. The summed E-state index contributed by atoms with van der Waals surface area (Å²) < 4.78 is 53.1. The highest BCUT2D eigenvalue weighted by Gasteiger charge is 2.17. The lowest BCUT2D eigenvalue weighted by atomic mass is 10.2. The fraction of sp³-hybridized carbons (Fsp3) is 0.105. The number of nitrogens with one attached hydrogen (secondary N) is 2. The van der Waals surface area contributed by atoms with Crippen molar-refractivity contribution >= 4 is 55.1 Å². The maximum atomic E-state index is 12.1. The highest BCUT2D eigenvalue weighted by atomic mass is 32.2. The fourth-order valence-electron chi connectivity index (χ4n) is 4.45. The number of aryl methyl sites for hydroxylation is 4. The highest BCUT2D eigenvalue weighted by Crippen LogP contribution is 2.17. The molecule has 0 aliphatic rings. The summed E-state index contributed by atoms with van der Waals surface area (Å²) in [7, 11) is -7.39. The van der Waals surface area contributed by atoms with Crippen LogP contribution < -0.4 is 32.4 Å². The number of sulfonamides is 2. The third-order valence-electron chi connectivity index (χ3n) is 7.10. The molecule has 6 aromatic rings. The van der Waals surface area contributed by atoms with E-state index in [9.17, 15) is 26.4 Å². The number of hydrogen-bond donors (Lipinski definition) is 8. The molecule has 304 valence electrons. The maximum Gasteiger partial charge on any atom is 0.264 e. The van der Waals surface area contributed by atoms with Gasteiger partial charge in [0.1, 0.15) is 11.5 Å². The van der Waals surface area contributed by atoms with Crippen LogP contribution in [-0.4, -0.2) is 58.8 Å². The van der Waals surface area contributed by atoms with Gasteiger partial charge in [0.25, 0.3) is 20.0 Å². The van der Waals surface area contributed by atoms with Crippen molar-refractivity contribution in [3.8, 4) is 11.5 Å². The van der Waals surface area contributed by atoms with Gasteiger partial charge in [-0.2, -0.15) is 0 Å². The van der Waals surface area contributed by atoms with Gasteiger partial charge >= 0.3 is 0 Å². The molecule has 20 heteroatoms. The lowest BCUT2D eigenvalue weighted by Gasteiger charge is -2.08. The molecule has 2 heterocycles. The lowest BCUT2D eigenvalue weighted by Crippen LogP contribution is -2.15. The van der Waals surface area contributed by atoms with Crippen LogP contribution in [0.1, 0.15) is 43.5 Å². The topological polar surface area (TPSA) is 323 Å².